The van der Waals surface area contributed by atoms with Gasteiger partial charge in [-0.2, -0.15) is 0 Å². The Balaban J connectivity index is 1.45. The largest absolute Gasteiger partial charge is 0.455 e. The molecule has 0 saturated carbocycles. The normalized spacial score (nSPS) is 25.1. The molecule has 0 radical (unpaired) electrons. The Morgan fingerprint density at radius 1 is 1.20 bits per heavy atom. The van der Waals surface area contributed by atoms with Gasteiger partial charge in [0, 0.05) is 19.5 Å². The smallest absolute Gasteiger partial charge is 0.313 e. The van der Waals surface area contributed by atoms with Crippen molar-refractivity contribution in [2.24, 2.45) is 11.8 Å². The van der Waals surface area contributed by atoms with E-state index in [1.165, 1.54) is 9.80 Å². The van der Waals surface area contributed by atoms with Gasteiger partial charge in [-0.25, -0.2) is 0 Å². The first kappa shape index (κ1) is 33.4. The number of aryl methyl sites for hydroxylation is 1. The molecule has 5 rings (SSSR count). The van der Waals surface area contributed by atoms with E-state index < -0.39 is 53.5 Å². The number of rotatable bonds is 14. The van der Waals surface area contributed by atoms with Crippen LogP contribution in [0.4, 0.5) is 5.69 Å². The van der Waals surface area contributed by atoms with E-state index in [9.17, 15) is 24.3 Å². The SMILES string of the molecule is C=CCCC(=O)NC[C@@H](OC(=O)[C@@H]1[C@@H]2CC[C@]3(O2)[C@H](C(=O)N(CC=C)c2c(C)cccc2Cl)N(CCO)C(=O)[C@@H]13)c1ccccc1. The van der Waals surface area contributed by atoms with E-state index in [0.29, 0.717) is 35.5 Å². The van der Waals surface area contributed by atoms with Gasteiger partial charge in [0.2, 0.25) is 11.8 Å². The molecule has 244 valence electrons. The molecular weight excluding hydrogens is 610 g/mol. The van der Waals surface area contributed by atoms with Gasteiger partial charge in [0.15, 0.2) is 0 Å². The molecule has 0 aromatic heterocycles. The lowest BCUT2D eigenvalue weighted by Gasteiger charge is -2.37. The number of β-amino-alcohol motifs (C(OH)–C–C–N with tert-alkyl or cyclic N) is 1. The standard InChI is InChI=1S/C35H40ClN3O7/c1-4-6-15-27(41)37-21-26(23-12-8-7-9-13-23)45-34(44)28-25-16-17-35(46-25)29(28)32(42)39(19-20-40)31(35)33(43)38(18-5-2)30-22(3)11-10-14-24(30)36/h4-5,7-14,25-26,28-29,31,40H,1-2,6,15-21H2,3H3,(H,37,41)/t25-,26+,28+,29+,31-,35+/m0/s1. The average Bonchev–Trinajstić information content (AvgIpc) is 3.69. The number of para-hydroxylation sites is 1. The van der Waals surface area contributed by atoms with Gasteiger partial charge in [-0.1, -0.05) is 66.2 Å². The quantitative estimate of drug-likeness (QED) is 0.235. The van der Waals surface area contributed by atoms with Crippen LogP contribution in [-0.2, 0) is 28.7 Å². The lowest BCUT2D eigenvalue weighted by molar-refractivity contribution is -0.160. The highest BCUT2D eigenvalue weighted by atomic mass is 35.5. The summed E-state index contributed by atoms with van der Waals surface area (Å²) >= 11 is 6.59. The second-order valence-corrected chi connectivity index (χ2v) is 12.3. The number of amides is 3. The van der Waals surface area contributed by atoms with Crippen molar-refractivity contribution in [3.05, 3.63) is 90.0 Å². The number of likely N-dealkylation sites (tertiary alicyclic amines) is 1. The van der Waals surface area contributed by atoms with Crippen LogP contribution in [0.1, 0.15) is 42.9 Å². The predicted octanol–water partition coefficient (Wildman–Crippen LogP) is 3.90. The van der Waals surface area contributed by atoms with E-state index in [1.807, 2.05) is 31.2 Å². The third-order valence-electron chi connectivity index (χ3n) is 9.17. The highest BCUT2D eigenvalue weighted by molar-refractivity contribution is 6.34. The minimum absolute atomic E-state index is 0.0409. The number of carbonyl (C=O) groups excluding carboxylic acids is 4. The fourth-order valence-electron chi connectivity index (χ4n) is 7.22. The second kappa shape index (κ2) is 14.2. The number of carbonyl (C=O) groups is 4. The van der Waals surface area contributed by atoms with E-state index in [2.05, 4.69) is 18.5 Å². The van der Waals surface area contributed by atoms with Gasteiger partial charge in [0.25, 0.3) is 5.91 Å². The molecule has 3 aliphatic heterocycles. The number of fused-ring (bicyclic) bond motifs is 1. The number of nitrogens with one attached hydrogen (secondary N) is 1. The maximum Gasteiger partial charge on any atom is 0.313 e. The topological polar surface area (TPSA) is 125 Å². The maximum atomic E-state index is 14.6. The van der Waals surface area contributed by atoms with E-state index in [4.69, 9.17) is 21.1 Å². The first-order valence-electron chi connectivity index (χ1n) is 15.6. The molecule has 3 saturated heterocycles. The molecule has 2 aromatic rings. The summed E-state index contributed by atoms with van der Waals surface area (Å²) < 4.78 is 12.6. The number of aliphatic hydroxyl groups is 1. The molecule has 2 aromatic carbocycles. The first-order chi connectivity index (χ1) is 22.2. The monoisotopic (exact) mass is 649 g/mol. The summed E-state index contributed by atoms with van der Waals surface area (Å²) in [5, 5.41) is 13.2. The van der Waals surface area contributed by atoms with E-state index in [0.717, 1.165) is 5.56 Å². The number of esters is 1. The van der Waals surface area contributed by atoms with Crippen molar-refractivity contribution in [2.45, 2.75) is 56.5 Å². The third-order valence-corrected chi connectivity index (χ3v) is 9.48. The summed E-state index contributed by atoms with van der Waals surface area (Å²) in [6.45, 7) is 8.97. The van der Waals surface area contributed by atoms with Gasteiger partial charge >= 0.3 is 5.97 Å². The lowest BCUT2D eigenvalue weighted by Crippen LogP contribution is -2.57. The van der Waals surface area contributed by atoms with Gasteiger partial charge in [-0.15, -0.1) is 13.2 Å². The molecule has 46 heavy (non-hydrogen) atoms. The van der Waals surface area contributed by atoms with Gasteiger partial charge in [0.05, 0.1) is 41.8 Å². The van der Waals surface area contributed by atoms with Crippen molar-refractivity contribution in [2.75, 3.05) is 31.1 Å². The Morgan fingerprint density at radius 2 is 1.96 bits per heavy atom. The van der Waals surface area contributed by atoms with Gasteiger partial charge in [-0.05, 0) is 43.4 Å². The second-order valence-electron chi connectivity index (χ2n) is 11.9. The van der Waals surface area contributed by atoms with E-state index in [-0.39, 0.29) is 38.6 Å². The molecule has 10 nitrogen and oxygen atoms in total. The van der Waals surface area contributed by atoms with Crippen LogP contribution >= 0.6 is 11.6 Å². The zero-order valence-corrected chi connectivity index (χ0v) is 26.7. The third kappa shape index (κ3) is 6.09. The Bertz CT molecular complexity index is 1480. The Labute approximate surface area is 274 Å². The molecular formula is C35H40ClN3O7. The number of ether oxygens (including phenoxy) is 2. The molecule has 0 unspecified atom stereocenters. The molecule has 2 bridgehead atoms. The minimum atomic E-state index is -1.30. The molecule has 3 heterocycles. The van der Waals surface area contributed by atoms with Crippen molar-refractivity contribution in [1.29, 1.82) is 0 Å². The first-order valence-corrected chi connectivity index (χ1v) is 16.0. The van der Waals surface area contributed by atoms with E-state index >= 15 is 0 Å². The van der Waals surface area contributed by atoms with Gasteiger partial charge in [0.1, 0.15) is 17.7 Å². The number of allylic oxidation sites excluding steroid dienone is 1. The van der Waals surface area contributed by atoms with Gasteiger partial charge < -0.3 is 29.7 Å². The number of aliphatic hydroxyl groups excluding tert-OH is 1. The maximum absolute atomic E-state index is 14.6. The molecule has 0 aliphatic carbocycles. The van der Waals surface area contributed by atoms with E-state index in [1.54, 1.807) is 36.4 Å². The number of nitrogens with zero attached hydrogens (tertiary/aromatic N) is 2. The molecule has 3 amide bonds. The number of anilines is 1. The fraction of sp³-hybridized carbons (Fsp3) is 0.429. The Morgan fingerprint density at radius 3 is 2.63 bits per heavy atom. The van der Waals surface area contributed by atoms with Crippen molar-refractivity contribution >= 4 is 41.0 Å². The van der Waals surface area contributed by atoms with Crippen LogP contribution in [0.2, 0.25) is 5.02 Å². The number of hydrogen-bond acceptors (Lipinski definition) is 7. The number of halogens is 1. The van der Waals surface area contributed by atoms with Gasteiger partial charge in [-0.3, -0.25) is 19.2 Å². The minimum Gasteiger partial charge on any atom is -0.455 e. The zero-order valence-electron chi connectivity index (χ0n) is 25.9. The summed E-state index contributed by atoms with van der Waals surface area (Å²) in [6, 6.07) is 13.3. The van der Waals surface area contributed by atoms with Crippen LogP contribution in [0.3, 0.4) is 0 Å². The van der Waals surface area contributed by atoms with Crippen LogP contribution in [0.5, 0.6) is 0 Å². The Kier molecular flexibility index (Phi) is 10.3. The van der Waals surface area contributed by atoms with Crippen molar-refractivity contribution in [1.82, 2.24) is 10.2 Å². The summed E-state index contributed by atoms with van der Waals surface area (Å²) in [6.07, 6.45) is 3.37. The summed E-state index contributed by atoms with van der Waals surface area (Å²) in [7, 11) is 0. The summed E-state index contributed by atoms with van der Waals surface area (Å²) in [5.41, 5.74) is 0.639. The molecule has 3 fully saturated rings. The zero-order chi connectivity index (χ0) is 33.0. The van der Waals surface area contributed by atoms with Crippen molar-refractivity contribution < 1.29 is 33.8 Å². The molecule has 3 aliphatic rings. The summed E-state index contributed by atoms with van der Waals surface area (Å²) in [4.78, 5) is 58.0. The summed E-state index contributed by atoms with van der Waals surface area (Å²) in [5.74, 6) is -3.68. The fourth-order valence-corrected chi connectivity index (χ4v) is 7.55. The van der Waals surface area contributed by atoms with Crippen LogP contribution in [-0.4, -0.2) is 77.7 Å². The Hall–Kier alpha value is -3.99. The van der Waals surface area contributed by atoms with Crippen LogP contribution < -0.4 is 10.2 Å². The van der Waals surface area contributed by atoms with Crippen molar-refractivity contribution in [3.8, 4) is 0 Å². The number of benzene rings is 2. The molecule has 1 spiro atoms. The lowest BCUT2D eigenvalue weighted by atomic mass is 9.70. The van der Waals surface area contributed by atoms with Crippen LogP contribution in [0.25, 0.3) is 0 Å². The van der Waals surface area contributed by atoms with Crippen LogP contribution in [0.15, 0.2) is 73.8 Å². The molecule has 6 atom stereocenters. The average molecular weight is 650 g/mol. The highest BCUT2D eigenvalue weighted by Crippen LogP contribution is 2.59. The number of hydrogen-bond donors (Lipinski definition) is 2. The molecule has 2 N–H and O–H groups in total. The highest BCUT2D eigenvalue weighted by Gasteiger charge is 2.75. The predicted molar refractivity (Wildman–Crippen MR) is 173 cm³/mol. The van der Waals surface area contributed by atoms with Crippen molar-refractivity contribution in [3.63, 3.8) is 0 Å². The van der Waals surface area contributed by atoms with Crippen LogP contribution in [0, 0.1) is 18.8 Å². The molecule has 11 heteroatoms.